The number of benzene rings is 2. The second-order valence-electron chi connectivity index (χ2n) is 8.89. The van der Waals surface area contributed by atoms with Crippen molar-refractivity contribution < 1.29 is 14.4 Å². The summed E-state index contributed by atoms with van der Waals surface area (Å²) in [7, 11) is 0. The molecule has 190 valence electrons. The van der Waals surface area contributed by atoms with Crippen LogP contribution >= 0.6 is 11.3 Å². The van der Waals surface area contributed by atoms with Crippen molar-refractivity contribution in [3.8, 4) is 0 Å². The van der Waals surface area contributed by atoms with Gasteiger partial charge in [0.25, 0.3) is 11.5 Å². The average molecular weight is 518 g/mol. The van der Waals surface area contributed by atoms with Gasteiger partial charge in [0.2, 0.25) is 11.8 Å². The van der Waals surface area contributed by atoms with Gasteiger partial charge in [0.1, 0.15) is 10.9 Å². The summed E-state index contributed by atoms with van der Waals surface area (Å²) >= 11 is 1.14. The van der Waals surface area contributed by atoms with E-state index in [1.807, 2.05) is 32.0 Å². The molecule has 37 heavy (non-hydrogen) atoms. The molecule has 4 rings (SSSR count). The first-order valence-corrected chi connectivity index (χ1v) is 12.4. The first-order valence-electron chi connectivity index (χ1n) is 11.6. The van der Waals surface area contributed by atoms with E-state index < -0.39 is 17.5 Å². The van der Waals surface area contributed by atoms with E-state index >= 15 is 0 Å². The molecule has 0 saturated heterocycles. The van der Waals surface area contributed by atoms with Crippen molar-refractivity contribution >= 4 is 56.3 Å². The number of carbonyl (C=O) groups is 3. The van der Waals surface area contributed by atoms with E-state index in [-0.39, 0.29) is 11.8 Å². The van der Waals surface area contributed by atoms with Crippen molar-refractivity contribution in [1.29, 1.82) is 0 Å². The fourth-order valence-corrected chi connectivity index (χ4v) is 5.01. The summed E-state index contributed by atoms with van der Waals surface area (Å²) in [6, 6.07) is 11.5. The van der Waals surface area contributed by atoms with E-state index in [4.69, 9.17) is 0 Å². The molecule has 0 aliphatic heterocycles. The van der Waals surface area contributed by atoms with Crippen LogP contribution in [0.5, 0.6) is 0 Å². The first kappa shape index (κ1) is 25.8. The summed E-state index contributed by atoms with van der Waals surface area (Å²) in [5.41, 5.74) is 3.99. The van der Waals surface area contributed by atoms with Crippen LogP contribution < -0.4 is 21.5 Å². The average Bonchev–Trinajstić information content (AvgIpc) is 3.19. The van der Waals surface area contributed by atoms with Crippen LogP contribution in [0, 0.1) is 20.8 Å². The molecule has 0 aliphatic rings. The van der Waals surface area contributed by atoms with Gasteiger partial charge in [-0.2, -0.15) is 0 Å². The lowest BCUT2D eigenvalue weighted by atomic mass is 10.1. The largest absolute Gasteiger partial charge is 0.326 e. The first-order chi connectivity index (χ1) is 17.5. The lowest BCUT2D eigenvalue weighted by molar-refractivity contribution is -0.119. The number of nitrogens with one attached hydrogen (secondary N) is 3. The molecule has 0 bridgehead atoms. The molecule has 2 heterocycles. The second-order valence-corrected chi connectivity index (χ2v) is 9.89. The molecule has 0 aliphatic carbocycles. The van der Waals surface area contributed by atoms with Crippen LogP contribution in [0.25, 0.3) is 10.2 Å². The van der Waals surface area contributed by atoms with Crippen molar-refractivity contribution in [3.05, 3.63) is 80.7 Å². The third-order valence-electron chi connectivity index (χ3n) is 5.98. The fraction of sp³-hybridized carbons (Fsp3) is 0.222. The Balaban J connectivity index is 1.57. The van der Waals surface area contributed by atoms with Crippen molar-refractivity contribution in [2.24, 2.45) is 0 Å². The lowest BCUT2D eigenvalue weighted by Gasteiger charge is -2.15. The Bertz CT molecular complexity index is 1590. The van der Waals surface area contributed by atoms with Crippen LogP contribution in [0.1, 0.15) is 46.3 Å². The van der Waals surface area contributed by atoms with E-state index in [9.17, 15) is 19.2 Å². The van der Waals surface area contributed by atoms with E-state index in [0.29, 0.717) is 37.7 Å². The molecule has 9 nitrogen and oxygen atoms in total. The van der Waals surface area contributed by atoms with Gasteiger partial charge in [-0.05, 0) is 69.2 Å². The van der Waals surface area contributed by atoms with Gasteiger partial charge >= 0.3 is 0 Å². The van der Waals surface area contributed by atoms with E-state index in [1.54, 1.807) is 38.1 Å². The van der Waals surface area contributed by atoms with E-state index in [1.165, 1.54) is 17.8 Å². The van der Waals surface area contributed by atoms with Crippen molar-refractivity contribution in [2.75, 3.05) is 16.0 Å². The molecule has 3 amide bonds. The Labute approximate surface area is 217 Å². The van der Waals surface area contributed by atoms with Crippen LogP contribution in [-0.4, -0.2) is 27.3 Å². The molecule has 0 radical (unpaired) electrons. The van der Waals surface area contributed by atoms with Crippen LogP contribution in [0.2, 0.25) is 0 Å². The number of carbonyl (C=O) groups excluding carboxylic acids is 3. The van der Waals surface area contributed by atoms with Gasteiger partial charge in [-0.3, -0.25) is 23.7 Å². The highest BCUT2D eigenvalue weighted by Crippen LogP contribution is 2.29. The predicted octanol–water partition coefficient (Wildman–Crippen LogP) is 4.79. The minimum absolute atomic E-state index is 0.192. The number of amides is 3. The molecular formula is C27H27N5O4S. The van der Waals surface area contributed by atoms with Gasteiger partial charge in [0.05, 0.1) is 16.6 Å². The predicted molar refractivity (Wildman–Crippen MR) is 147 cm³/mol. The highest BCUT2D eigenvalue weighted by molar-refractivity contribution is 7.20. The van der Waals surface area contributed by atoms with Gasteiger partial charge in [0, 0.05) is 24.0 Å². The van der Waals surface area contributed by atoms with Gasteiger partial charge in [-0.25, -0.2) is 4.98 Å². The second kappa shape index (κ2) is 10.4. The Kier molecular flexibility index (Phi) is 7.21. The molecule has 4 aromatic rings. The highest BCUT2D eigenvalue weighted by Gasteiger charge is 2.23. The Morgan fingerprint density at radius 2 is 1.59 bits per heavy atom. The number of anilines is 3. The maximum Gasteiger partial charge on any atom is 0.266 e. The molecule has 3 N–H and O–H groups in total. The number of rotatable bonds is 6. The van der Waals surface area contributed by atoms with Gasteiger partial charge < -0.3 is 16.0 Å². The quantitative estimate of drug-likeness (QED) is 0.339. The molecule has 1 atom stereocenters. The number of hydrogen-bond donors (Lipinski definition) is 3. The van der Waals surface area contributed by atoms with Crippen molar-refractivity contribution in [1.82, 2.24) is 9.55 Å². The summed E-state index contributed by atoms with van der Waals surface area (Å²) in [6.07, 6.45) is 1.33. The maximum atomic E-state index is 13.4. The number of hydrogen-bond acceptors (Lipinski definition) is 6. The molecule has 2 aromatic heterocycles. The maximum absolute atomic E-state index is 13.4. The third-order valence-corrected chi connectivity index (χ3v) is 7.18. The summed E-state index contributed by atoms with van der Waals surface area (Å²) in [5, 5.41) is 8.67. The summed E-state index contributed by atoms with van der Waals surface area (Å²) in [6.45, 7) is 8.63. The number of aryl methyl sites for hydroxylation is 3. The normalized spacial score (nSPS) is 11.7. The van der Waals surface area contributed by atoms with Crippen molar-refractivity contribution in [3.63, 3.8) is 0 Å². The number of thiophene rings is 1. The van der Waals surface area contributed by atoms with Crippen LogP contribution in [-0.2, 0) is 9.59 Å². The molecule has 0 fully saturated rings. The lowest BCUT2D eigenvalue weighted by Crippen LogP contribution is -2.31. The standard InChI is InChI=1S/C27H27N5O4S/c1-14-6-11-21(15(2)12-14)31-25(35)23-16(3)22-26(37-23)28-13-32(27(22)36)17(4)24(34)30-20-9-7-19(8-10-20)29-18(5)33/h6-13,17H,1-5H3,(H,29,33)(H,30,34)(H,31,35). The molecule has 0 saturated carbocycles. The molecule has 0 spiro atoms. The fourth-order valence-electron chi connectivity index (χ4n) is 3.98. The van der Waals surface area contributed by atoms with E-state index in [0.717, 1.165) is 22.5 Å². The highest BCUT2D eigenvalue weighted by atomic mass is 32.1. The Morgan fingerprint density at radius 1 is 0.946 bits per heavy atom. The number of aromatic nitrogens is 2. The zero-order valence-electron chi connectivity index (χ0n) is 21.1. The minimum atomic E-state index is -0.855. The number of fused-ring (bicyclic) bond motifs is 1. The Morgan fingerprint density at radius 3 is 2.22 bits per heavy atom. The monoisotopic (exact) mass is 517 g/mol. The van der Waals surface area contributed by atoms with Crippen LogP contribution in [0.3, 0.4) is 0 Å². The third kappa shape index (κ3) is 5.44. The van der Waals surface area contributed by atoms with E-state index in [2.05, 4.69) is 20.9 Å². The molecule has 2 aromatic carbocycles. The van der Waals surface area contributed by atoms with Crippen molar-refractivity contribution in [2.45, 2.75) is 40.7 Å². The summed E-state index contributed by atoms with van der Waals surface area (Å²) < 4.78 is 1.26. The Hall–Kier alpha value is -4.31. The summed E-state index contributed by atoms with van der Waals surface area (Å²) in [4.78, 5) is 55.7. The smallest absolute Gasteiger partial charge is 0.266 e. The molecule has 10 heteroatoms. The zero-order valence-corrected chi connectivity index (χ0v) is 21.9. The van der Waals surface area contributed by atoms with Gasteiger partial charge in [-0.15, -0.1) is 11.3 Å². The zero-order chi connectivity index (χ0) is 26.9. The van der Waals surface area contributed by atoms with Crippen LogP contribution in [0.15, 0.2) is 53.6 Å². The summed E-state index contributed by atoms with van der Waals surface area (Å²) in [5.74, 6) is -0.912. The molecular weight excluding hydrogens is 490 g/mol. The topological polar surface area (TPSA) is 122 Å². The van der Waals surface area contributed by atoms with Gasteiger partial charge in [0.15, 0.2) is 0 Å². The SMILES string of the molecule is CC(=O)Nc1ccc(NC(=O)C(C)n2cnc3sc(C(=O)Nc4ccc(C)cc4C)c(C)c3c2=O)cc1. The minimum Gasteiger partial charge on any atom is -0.326 e. The number of nitrogens with zero attached hydrogens (tertiary/aromatic N) is 2. The van der Waals surface area contributed by atoms with Crippen LogP contribution in [0.4, 0.5) is 17.1 Å². The molecule has 1 unspecified atom stereocenters. The van der Waals surface area contributed by atoms with Gasteiger partial charge in [-0.1, -0.05) is 17.7 Å².